The van der Waals surface area contributed by atoms with Gasteiger partial charge in [0.15, 0.2) is 5.13 Å². The van der Waals surface area contributed by atoms with E-state index >= 15 is 0 Å². The molecule has 0 saturated heterocycles. The van der Waals surface area contributed by atoms with E-state index in [4.69, 9.17) is 4.74 Å². The summed E-state index contributed by atoms with van der Waals surface area (Å²) in [5.74, 6) is -1.08. The number of anilines is 1. The average molecular weight is 591 g/mol. The summed E-state index contributed by atoms with van der Waals surface area (Å²) < 4.78 is 29.8. The van der Waals surface area contributed by atoms with Gasteiger partial charge in [-0.2, -0.15) is 0 Å². The van der Waals surface area contributed by atoms with Gasteiger partial charge in [0, 0.05) is 31.7 Å². The van der Waals surface area contributed by atoms with Gasteiger partial charge in [-0.25, -0.2) is 17.7 Å². The fourth-order valence-corrected chi connectivity index (χ4v) is 5.45. The van der Waals surface area contributed by atoms with Crippen molar-refractivity contribution >= 4 is 38.3 Å². The van der Waals surface area contributed by atoms with E-state index in [9.17, 15) is 28.2 Å². The predicted octanol–water partition coefficient (Wildman–Crippen LogP) is 1.44. The minimum absolute atomic E-state index is 0.0384. The van der Waals surface area contributed by atoms with Crippen molar-refractivity contribution in [3.8, 4) is 0 Å². The van der Waals surface area contributed by atoms with E-state index in [2.05, 4.69) is 15.6 Å². The molecule has 0 radical (unpaired) electrons. The van der Waals surface area contributed by atoms with Crippen LogP contribution in [0.15, 0.2) is 66.0 Å². The molecule has 0 spiro atoms. The standard InChI is InChI=1S/C27H34N4O7S2/c1-31(40(3,36)37)27-30-22(17-39-27)26(35)29-21(16-18-10-6-4-7-11-18)24(33)23(32)20(14-15-38-2)28-25(34)19-12-8-5-9-13-19/h4-13,17,20-21,23-24,32-33H,14-16H2,1-3H3,(H,28,34)(H,29,35). The van der Waals surface area contributed by atoms with E-state index in [-0.39, 0.29) is 30.3 Å². The minimum atomic E-state index is -3.57. The van der Waals surface area contributed by atoms with Crippen molar-refractivity contribution in [2.24, 2.45) is 0 Å². The van der Waals surface area contributed by atoms with Gasteiger partial charge in [-0.3, -0.25) is 9.59 Å². The monoisotopic (exact) mass is 590 g/mol. The highest BCUT2D eigenvalue weighted by Gasteiger charge is 2.35. The third kappa shape index (κ3) is 8.57. The maximum atomic E-state index is 13.1. The lowest BCUT2D eigenvalue weighted by Gasteiger charge is -2.33. The predicted molar refractivity (Wildman–Crippen MR) is 153 cm³/mol. The van der Waals surface area contributed by atoms with Crippen LogP contribution in [0.5, 0.6) is 0 Å². The molecule has 2 aromatic carbocycles. The molecule has 4 unspecified atom stereocenters. The van der Waals surface area contributed by atoms with Gasteiger partial charge in [0.1, 0.15) is 17.9 Å². The Balaban J connectivity index is 1.83. The summed E-state index contributed by atoms with van der Waals surface area (Å²) in [5, 5.41) is 29.6. The molecular formula is C27H34N4O7S2. The van der Waals surface area contributed by atoms with Crippen molar-refractivity contribution in [3.05, 3.63) is 82.9 Å². The fourth-order valence-electron chi connectivity index (χ4n) is 3.91. The van der Waals surface area contributed by atoms with Gasteiger partial charge < -0.3 is 25.6 Å². The molecule has 40 heavy (non-hydrogen) atoms. The second kappa shape index (κ2) is 14.3. The first-order valence-electron chi connectivity index (χ1n) is 12.5. The normalized spacial score (nSPS) is 14.5. The van der Waals surface area contributed by atoms with E-state index in [0.717, 1.165) is 27.5 Å². The fraction of sp³-hybridized carbons (Fsp3) is 0.370. The highest BCUT2D eigenvalue weighted by atomic mass is 32.2. The molecule has 3 aromatic rings. The first kappa shape index (κ1) is 31.2. The summed E-state index contributed by atoms with van der Waals surface area (Å²) in [6.45, 7) is 0.203. The lowest BCUT2D eigenvalue weighted by atomic mass is 9.92. The van der Waals surface area contributed by atoms with Crippen LogP contribution in [0.4, 0.5) is 5.13 Å². The summed E-state index contributed by atoms with van der Waals surface area (Å²) in [7, 11) is -0.754. The molecule has 0 bridgehead atoms. The molecule has 0 saturated carbocycles. The summed E-state index contributed by atoms with van der Waals surface area (Å²) in [6.07, 6.45) is -1.59. The largest absolute Gasteiger partial charge is 0.388 e. The summed E-state index contributed by atoms with van der Waals surface area (Å²) >= 11 is 0.979. The van der Waals surface area contributed by atoms with Crippen molar-refractivity contribution in [2.75, 3.05) is 31.3 Å². The number of ether oxygens (including phenoxy) is 1. The smallest absolute Gasteiger partial charge is 0.271 e. The molecule has 13 heteroatoms. The molecule has 0 aliphatic heterocycles. The van der Waals surface area contributed by atoms with E-state index < -0.39 is 46.1 Å². The van der Waals surface area contributed by atoms with Gasteiger partial charge in [0.05, 0.1) is 18.3 Å². The number of rotatable bonds is 14. The summed E-state index contributed by atoms with van der Waals surface area (Å²) in [4.78, 5) is 30.1. The number of aliphatic hydroxyl groups excluding tert-OH is 2. The van der Waals surface area contributed by atoms with Crippen molar-refractivity contribution in [1.29, 1.82) is 0 Å². The van der Waals surface area contributed by atoms with Crippen LogP contribution in [0.3, 0.4) is 0 Å². The van der Waals surface area contributed by atoms with Crippen molar-refractivity contribution in [3.63, 3.8) is 0 Å². The number of amides is 2. The third-order valence-electron chi connectivity index (χ3n) is 6.27. The quantitative estimate of drug-likeness (QED) is 0.220. The molecular weight excluding hydrogens is 556 g/mol. The lowest BCUT2D eigenvalue weighted by molar-refractivity contribution is -0.0269. The average Bonchev–Trinajstić information content (AvgIpc) is 3.44. The number of nitrogens with one attached hydrogen (secondary N) is 2. The van der Waals surface area contributed by atoms with E-state index in [1.54, 1.807) is 30.3 Å². The highest BCUT2D eigenvalue weighted by molar-refractivity contribution is 7.92. The Morgan fingerprint density at radius 3 is 2.15 bits per heavy atom. The van der Waals surface area contributed by atoms with Crippen LogP contribution in [-0.2, 0) is 21.2 Å². The Kier molecular flexibility index (Phi) is 11.2. The Bertz CT molecular complexity index is 1350. The maximum Gasteiger partial charge on any atom is 0.271 e. The molecule has 1 heterocycles. The number of carbonyl (C=O) groups is 2. The minimum Gasteiger partial charge on any atom is -0.388 e. The van der Waals surface area contributed by atoms with Crippen LogP contribution in [0.25, 0.3) is 0 Å². The zero-order chi connectivity index (χ0) is 29.3. The first-order chi connectivity index (χ1) is 19.0. The molecule has 4 N–H and O–H groups in total. The molecule has 11 nitrogen and oxygen atoms in total. The molecule has 0 fully saturated rings. The number of nitrogens with zero attached hydrogens (tertiary/aromatic N) is 2. The van der Waals surface area contributed by atoms with E-state index in [1.165, 1.54) is 19.5 Å². The molecule has 1 aromatic heterocycles. The number of benzene rings is 2. The second-order valence-electron chi connectivity index (χ2n) is 9.22. The van der Waals surface area contributed by atoms with Crippen LogP contribution in [0.1, 0.15) is 32.8 Å². The number of aromatic nitrogens is 1. The number of thiazole rings is 1. The summed E-state index contributed by atoms with van der Waals surface area (Å²) in [6, 6.07) is 15.7. The van der Waals surface area contributed by atoms with Gasteiger partial charge in [-0.1, -0.05) is 48.5 Å². The number of methoxy groups -OCH3 is 1. The van der Waals surface area contributed by atoms with Crippen LogP contribution >= 0.6 is 11.3 Å². The topological polar surface area (TPSA) is 158 Å². The Morgan fingerprint density at radius 2 is 1.55 bits per heavy atom. The number of hydrogen-bond acceptors (Lipinski definition) is 9. The SMILES string of the molecule is COCCC(NC(=O)c1ccccc1)C(O)C(O)C(Cc1ccccc1)NC(=O)c1csc(N(C)S(C)(=O)=O)n1. The summed E-state index contributed by atoms with van der Waals surface area (Å²) in [5.41, 5.74) is 1.14. The first-order valence-corrected chi connectivity index (χ1v) is 15.2. The van der Waals surface area contributed by atoms with Crippen LogP contribution in [0.2, 0.25) is 0 Å². The highest BCUT2D eigenvalue weighted by Crippen LogP contribution is 2.22. The van der Waals surface area contributed by atoms with E-state index in [1.807, 2.05) is 30.3 Å². The Hall–Kier alpha value is -3.36. The second-order valence-corrected chi connectivity index (χ2v) is 12.1. The van der Waals surface area contributed by atoms with Gasteiger partial charge in [-0.05, 0) is 30.5 Å². The molecule has 3 rings (SSSR count). The zero-order valence-corrected chi connectivity index (χ0v) is 24.1. The lowest BCUT2D eigenvalue weighted by Crippen LogP contribution is -2.57. The molecule has 216 valence electrons. The number of carbonyl (C=O) groups excluding carboxylic acids is 2. The molecule has 0 aliphatic carbocycles. The van der Waals surface area contributed by atoms with Crippen molar-refractivity contribution in [2.45, 2.75) is 37.1 Å². The number of hydrogen-bond donors (Lipinski definition) is 4. The zero-order valence-electron chi connectivity index (χ0n) is 22.4. The van der Waals surface area contributed by atoms with Gasteiger partial charge in [-0.15, -0.1) is 11.3 Å². The Labute approximate surface area is 237 Å². The van der Waals surface area contributed by atoms with Gasteiger partial charge in [0.2, 0.25) is 10.0 Å². The number of aliphatic hydroxyl groups is 2. The molecule has 2 amide bonds. The molecule has 0 aliphatic rings. The van der Waals surface area contributed by atoms with E-state index in [0.29, 0.717) is 5.56 Å². The van der Waals surface area contributed by atoms with Crippen molar-refractivity contribution < 1.29 is 33.0 Å². The molecule has 4 atom stereocenters. The third-order valence-corrected chi connectivity index (χ3v) is 8.47. The maximum absolute atomic E-state index is 13.1. The van der Waals surface area contributed by atoms with Crippen LogP contribution in [0, 0.1) is 0 Å². The Morgan fingerprint density at radius 1 is 0.975 bits per heavy atom. The van der Waals surface area contributed by atoms with Gasteiger partial charge >= 0.3 is 0 Å². The van der Waals surface area contributed by atoms with Crippen LogP contribution in [-0.4, -0.2) is 86.7 Å². The van der Waals surface area contributed by atoms with Crippen molar-refractivity contribution in [1.82, 2.24) is 15.6 Å². The van der Waals surface area contributed by atoms with Gasteiger partial charge in [0.25, 0.3) is 11.8 Å². The number of sulfonamides is 1. The van der Waals surface area contributed by atoms with Crippen LogP contribution < -0.4 is 14.9 Å².